The third-order valence-corrected chi connectivity index (χ3v) is 3.04. The van der Waals surface area contributed by atoms with E-state index in [0.717, 1.165) is 0 Å². The molecule has 2 rings (SSSR count). The number of nitrogens with zero attached hydrogens (tertiary/aromatic N) is 4. The van der Waals surface area contributed by atoms with Gasteiger partial charge in [-0.25, -0.2) is 4.79 Å². The van der Waals surface area contributed by atoms with Gasteiger partial charge < -0.3 is 14.7 Å². The molecule has 0 amide bonds. The van der Waals surface area contributed by atoms with Gasteiger partial charge in [-0.15, -0.1) is 0 Å². The molecule has 2 N–H and O–H groups in total. The quantitative estimate of drug-likeness (QED) is 0.338. The lowest BCUT2D eigenvalue weighted by atomic mass is 10.2. The minimum atomic E-state index is -0.718. The van der Waals surface area contributed by atoms with Gasteiger partial charge in [-0.3, -0.25) is 14.3 Å². The second-order valence-corrected chi connectivity index (χ2v) is 4.34. The molecule has 108 valence electrons. The van der Waals surface area contributed by atoms with Crippen molar-refractivity contribution < 1.29 is 14.7 Å². The lowest BCUT2D eigenvalue weighted by Crippen LogP contribution is -2.33. The number of aryl methyl sites for hydroxylation is 1. The van der Waals surface area contributed by atoms with Gasteiger partial charge >= 0.3 is 5.69 Å². The standard InChI is InChI=1S/C10H13N5O5/c1-5-3-15(10(18)12-9(5)17)8-2-6(20-14-13-11)7(4-16)19-8/h3,6-8,16H,2,4H2,1H3,(H,12,17,18)/t6?,7-,8-/m1/s1. The smallest absolute Gasteiger partial charge is 0.330 e. The molecule has 1 aromatic heterocycles. The fourth-order valence-corrected chi connectivity index (χ4v) is 2.03. The summed E-state index contributed by atoms with van der Waals surface area (Å²) in [4.78, 5) is 32.5. The Bertz CT molecular complexity index is 646. The van der Waals surface area contributed by atoms with Gasteiger partial charge in [0.2, 0.25) is 0 Å². The van der Waals surface area contributed by atoms with Crippen molar-refractivity contribution in [2.75, 3.05) is 6.61 Å². The molecule has 20 heavy (non-hydrogen) atoms. The van der Waals surface area contributed by atoms with E-state index in [2.05, 4.69) is 15.2 Å². The molecule has 1 aliphatic heterocycles. The first-order chi connectivity index (χ1) is 9.56. The Kier molecular flexibility index (Phi) is 4.08. The molecule has 2 heterocycles. The van der Waals surface area contributed by atoms with E-state index in [1.807, 2.05) is 0 Å². The van der Waals surface area contributed by atoms with Crippen molar-refractivity contribution in [2.45, 2.75) is 31.8 Å². The van der Waals surface area contributed by atoms with Gasteiger partial charge in [0.25, 0.3) is 5.56 Å². The van der Waals surface area contributed by atoms with E-state index in [4.69, 9.17) is 15.1 Å². The largest absolute Gasteiger partial charge is 0.427 e. The Morgan fingerprint density at radius 1 is 1.70 bits per heavy atom. The molecule has 10 nitrogen and oxygen atoms in total. The topological polar surface area (TPSA) is 142 Å². The van der Waals surface area contributed by atoms with Crippen molar-refractivity contribution in [1.82, 2.24) is 9.55 Å². The van der Waals surface area contributed by atoms with E-state index >= 15 is 0 Å². The highest BCUT2D eigenvalue weighted by Gasteiger charge is 2.37. The molecule has 0 aromatic carbocycles. The summed E-state index contributed by atoms with van der Waals surface area (Å²) in [6.45, 7) is 1.21. The van der Waals surface area contributed by atoms with Gasteiger partial charge in [-0.2, -0.15) is 0 Å². The molecular formula is C10H13N5O5. The molecule has 10 heteroatoms. The number of nitrogens with one attached hydrogen (secondary N) is 1. The van der Waals surface area contributed by atoms with Gasteiger partial charge in [-0.05, 0) is 12.5 Å². The summed E-state index contributed by atoms with van der Waals surface area (Å²) in [6, 6.07) is 0. The average Bonchev–Trinajstić information content (AvgIpc) is 2.83. The number of aliphatic hydroxyl groups excluding tert-OH is 1. The van der Waals surface area contributed by atoms with Crippen LogP contribution in [0, 0.1) is 6.92 Å². The third-order valence-electron chi connectivity index (χ3n) is 3.04. The molecule has 0 bridgehead atoms. The zero-order chi connectivity index (χ0) is 14.7. The Morgan fingerprint density at radius 2 is 2.45 bits per heavy atom. The molecule has 3 atom stereocenters. The van der Waals surface area contributed by atoms with Crippen LogP contribution in [0.25, 0.3) is 10.4 Å². The maximum absolute atomic E-state index is 11.7. The first-order valence-electron chi connectivity index (χ1n) is 5.85. The highest BCUT2D eigenvalue weighted by Crippen LogP contribution is 2.29. The fourth-order valence-electron chi connectivity index (χ4n) is 2.03. The number of ether oxygens (including phenoxy) is 1. The molecular weight excluding hydrogens is 270 g/mol. The van der Waals surface area contributed by atoms with Crippen molar-refractivity contribution in [3.8, 4) is 0 Å². The number of hydrogen-bond donors (Lipinski definition) is 2. The minimum absolute atomic E-state index is 0.204. The monoisotopic (exact) mass is 283 g/mol. The molecule has 0 spiro atoms. The first kappa shape index (κ1) is 14.1. The second kappa shape index (κ2) is 5.78. The van der Waals surface area contributed by atoms with Gasteiger partial charge in [0.05, 0.1) is 6.61 Å². The Labute approximate surface area is 112 Å². The molecule has 1 fully saturated rings. The number of H-pyrrole nitrogens is 1. The van der Waals surface area contributed by atoms with Crippen molar-refractivity contribution in [2.24, 2.45) is 5.28 Å². The van der Waals surface area contributed by atoms with Crippen LogP contribution >= 0.6 is 0 Å². The van der Waals surface area contributed by atoms with Crippen molar-refractivity contribution >= 4 is 0 Å². The maximum atomic E-state index is 11.7. The first-order valence-corrected chi connectivity index (χ1v) is 5.85. The van der Waals surface area contributed by atoms with Crippen LogP contribution in [0.15, 0.2) is 21.1 Å². The summed E-state index contributed by atoms with van der Waals surface area (Å²) >= 11 is 0. The number of aromatic nitrogens is 2. The van der Waals surface area contributed by atoms with E-state index in [9.17, 15) is 14.7 Å². The van der Waals surface area contributed by atoms with Gasteiger partial charge in [0.15, 0.2) is 0 Å². The number of hydrogen-bond acceptors (Lipinski definition) is 6. The summed E-state index contributed by atoms with van der Waals surface area (Å²) in [6.07, 6.45) is -0.523. The zero-order valence-corrected chi connectivity index (χ0v) is 10.6. The van der Waals surface area contributed by atoms with Crippen LogP contribution < -0.4 is 11.2 Å². The summed E-state index contributed by atoms with van der Waals surface area (Å²) in [7, 11) is 0. The zero-order valence-electron chi connectivity index (χ0n) is 10.6. The number of rotatable bonds is 4. The molecule has 1 unspecified atom stereocenters. The molecule has 1 saturated heterocycles. The van der Waals surface area contributed by atoms with Crippen LogP contribution in [-0.2, 0) is 9.57 Å². The SMILES string of the molecule is Cc1cn([C@H]2CC(ON=[N+]=[N-])[C@@H](CO)O2)c(=O)[nH]c1=O. The Balaban J connectivity index is 2.27. The lowest BCUT2D eigenvalue weighted by Gasteiger charge is -2.14. The number of azide groups is 1. The molecule has 0 radical (unpaired) electrons. The van der Waals surface area contributed by atoms with Crippen LogP contribution in [0.1, 0.15) is 18.2 Å². The Hall–Kier alpha value is -2.29. The van der Waals surface area contributed by atoms with Crippen molar-refractivity contribution in [3.63, 3.8) is 0 Å². The maximum Gasteiger partial charge on any atom is 0.330 e. The molecule has 1 aromatic rings. The normalized spacial score (nSPS) is 25.2. The summed E-state index contributed by atoms with van der Waals surface area (Å²) < 4.78 is 6.67. The number of aromatic amines is 1. The predicted molar refractivity (Wildman–Crippen MR) is 65.7 cm³/mol. The third kappa shape index (κ3) is 2.67. The summed E-state index contributed by atoms with van der Waals surface area (Å²) in [5.41, 5.74) is 7.48. The minimum Gasteiger partial charge on any atom is -0.427 e. The highest BCUT2D eigenvalue weighted by molar-refractivity contribution is 5.02. The molecule has 1 aliphatic rings. The molecule has 0 aliphatic carbocycles. The van der Waals surface area contributed by atoms with Gasteiger partial charge in [-0.1, -0.05) is 0 Å². The lowest BCUT2D eigenvalue weighted by molar-refractivity contribution is -0.0626. The Morgan fingerprint density at radius 3 is 3.10 bits per heavy atom. The van der Waals surface area contributed by atoms with Crippen LogP contribution in [0.5, 0.6) is 0 Å². The van der Waals surface area contributed by atoms with Crippen molar-refractivity contribution in [3.05, 3.63) is 43.0 Å². The van der Waals surface area contributed by atoms with E-state index in [1.165, 1.54) is 10.8 Å². The van der Waals surface area contributed by atoms with Crippen LogP contribution in [0.4, 0.5) is 0 Å². The number of aliphatic hydroxyl groups is 1. The van der Waals surface area contributed by atoms with E-state index in [0.29, 0.717) is 5.56 Å². The van der Waals surface area contributed by atoms with Crippen LogP contribution in [0.3, 0.4) is 0 Å². The van der Waals surface area contributed by atoms with Crippen molar-refractivity contribution in [1.29, 1.82) is 0 Å². The summed E-state index contributed by atoms with van der Waals surface area (Å²) in [5.74, 6) is 0. The van der Waals surface area contributed by atoms with E-state index < -0.39 is 29.7 Å². The average molecular weight is 283 g/mol. The predicted octanol–water partition coefficient (Wildman–Crippen LogP) is -0.265. The second-order valence-electron chi connectivity index (χ2n) is 4.34. The molecule has 0 saturated carbocycles. The van der Waals surface area contributed by atoms with E-state index in [-0.39, 0.29) is 13.0 Å². The van der Waals surface area contributed by atoms with Gasteiger partial charge in [0.1, 0.15) is 23.7 Å². The highest BCUT2D eigenvalue weighted by atomic mass is 16.7. The van der Waals surface area contributed by atoms with E-state index in [1.54, 1.807) is 6.92 Å². The van der Waals surface area contributed by atoms with Crippen LogP contribution in [0.2, 0.25) is 0 Å². The van der Waals surface area contributed by atoms with Crippen LogP contribution in [-0.4, -0.2) is 33.5 Å². The summed E-state index contributed by atoms with van der Waals surface area (Å²) in [5, 5.41) is 12.2. The van der Waals surface area contributed by atoms with Gasteiger partial charge in [0, 0.05) is 23.1 Å². The fraction of sp³-hybridized carbons (Fsp3) is 0.600.